The summed E-state index contributed by atoms with van der Waals surface area (Å²) in [6.45, 7) is 4.16. The van der Waals surface area contributed by atoms with Crippen molar-refractivity contribution in [1.29, 1.82) is 5.26 Å². The maximum Gasteiger partial charge on any atom is 0.264 e. The molecule has 122 valence electrons. The topological polar surface area (TPSA) is 66.2 Å². The van der Waals surface area contributed by atoms with Gasteiger partial charge in [-0.3, -0.25) is 4.79 Å². The van der Waals surface area contributed by atoms with Crippen LogP contribution in [0.15, 0.2) is 28.7 Å². The standard InChI is InChI=1S/C18H16BrN3O2/c1-11-7-12(2)21-18(15(11)9-20)24-10-17(23)22-6-5-13-8-14(19)3-4-16(13)22/h3-4,7-8H,5-6,10H2,1-2H3. The quantitative estimate of drug-likeness (QED) is 0.812. The Labute approximate surface area is 149 Å². The molecule has 0 saturated heterocycles. The lowest BCUT2D eigenvalue weighted by molar-refractivity contribution is -0.120. The fourth-order valence-electron chi connectivity index (χ4n) is 2.88. The number of nitrogens with zero attached hydrogens (tertiary/aromatic N) is 3. The number of carbonyl (C=O) groups is 1. The number of benzene rings is 1. The molecular weight excluding hydrogens is 370 g/mol. The fraction of sp³-hybridized carbons (Fsp3) is 0.278. The predicted octanol–water partition coefficient (Wildman–Crippen LogP) is 3.30. The van der Waals surface area contributed by atoms with Gasteiger partial charge in [-0.25, -0.2) is 4.98 Å². The first-order valence-corrected chi connectivity index (χ1v) is 8.39. The lowest BCUT2D eigenvalue weighted by atomic mass is 10.1. The summed E-state index contributed by atoms with van der Waals surface area (Å²) < 4.78 is 6.57. The Hall–Kier alpha value is -2.39. The van der Waals surface area contributed by atoms with Crippen LogP contribution in [-0.4, -0.2) is 24.0 Å². The van der Waals surface area contributed by atoms with Crippen LogP contribution in [0.2, 0.25) is 0 Å². The second-order valence-electron chi connectivity index (χ2n) is 5.73. The van der Waals surface area contributed by atoms with Crippen molar-refractivity contribution in [3.8, 4) is 11.9 Å². The summed E-state index contributed by atoms with van der Waals surface area (Å²) in [4.78, 5) is 18.5. The van der Waals surface area contributed by atoms with Crippen LogP contribution in [0.3, 0.4) is 0 Å². The Morgan fingerprint density at radius 2 is 2.21 bits per heavy atom. The first-order valence-electron chi connectivity index (χ1n) is 7.59. The summed E-state index contributed by atoms with van der Waals surface area (Å²) in [6.07, 6.45) is 0.825. The minimum Gasteiger partial charge on any atom is -0.467 e. The lowest BCUT2D eigenvalue weighted by Crippen LogP contribution is -2.33. The van der Waals surface area contributed by atoms with Gasteiger partial charge in [-0.1, -0.05) is 15.9 Å². The minimum absolute atomic E-state index is 0.138. The molecule has 0 radical (unpaired) electrons. The summed E-state index contributed by atoms with van der Waals surface area (Å²) in [5, 5.41) is 9.25. The van der Waals surface area contributed by atoms with Crippen molar-refractivity contribution in [2.24, 2.45) is 0 Å². The van der Waals surface area contributed by atoms with E-state index in [-0.39, 0.29) is 18.4 Å². The van der Waals surface area contributed by atoms with E-state index in [9.17, 15) is 10.1 Å². The van der Waals surface area contributed by atoms with Crippen LogP contribution in [0.1, 0.15) is 22.4 Å². The molecule has 1 aromatic carbocycles. The van der Waals surface area contributed by atoms with Gasteiger partial charge < -0.3 is 9.64 Å². The number of rotatable bonds is 3. The number of aromatic nitrogens is 1. The smallest absolute Gasteiger partial charge is 0.264 e. The van der Waals surface area contributed by atoms with E-state index in [1.165, 1.54) is 0 Å². The van der Waals surface area contributed by atoms with Crippen LogP contribution in [0.25, 0.3) is 0 Å². The molecular formula is C18H16BrN3O2. The summed E-state index contributed by atoms with van der Waals surface area (Å²) in [5.41, 5.74) is 3.98. The number of pyridine rings is 1. The van der Waals surface area contributed by atoms with Crippen LogP contribution < -0.4 is 9.64 Å². The number of fused-ring (bicyclic) bond motifs is 1. The molecule has 0 bridgehead atoms. The largest absolute Gasteiger partial charge is 0.467 e. The van der Waals surface area contributed by atoms with Crippen molar-refractivity contribution < 1.29 is 9.53 Å². The van der Waals surface area contributed by atoms with E-state index >= 15 is 0 Å². The first-order chi connectivity index (χ1) is 11.5. The third kappa shape index (κ3) is 3.13. The third-order valence-corrected chi connectivity index (χ3v) is 4.49. The Morgan fingerprint density at radius 3 is 2.96 bits per heavy atom. The van der Waals surface area contributed by atoms with Crippen molar-refractivity contribution in [3.05, 3.63) is 51.1 Å². The summed E-state index contributed by atoms with van der Waals surface area (Å²) in [7, 11) is 0. The summed E-state index contributed by atoms with van der Waals surface area (Å²) in [5.74, 6) is 0.0829. The molecule has 0 spiro atoms. The van der Waals surface area contributed by atoms with Gasteiger partial charge in [0, 0.05) is 22.4 Å². The highest BCUT2D eigenvalue weighted by Crippen LogP contribution is 2.30. The number of carbonyl (C=O) groups excluding carboxylic acids is 1. The van der Waals surface area contributed by atoms with E-state index in [0.29, 0.717) is 12.1 Å². The highest BCUT2D eigenvalue weighted by atomic mass is 79.9. The minimum atomic E-state index is -0.139. The molecule has 1 aromatic heterocycles. The van der Waals surface area contributed by atoms with Gasteiger partial charge in [-0.05, 0) is 55.7 Å². The molecule has 24 heavy (non-hydrogen) atoms. The van der Waals surface area contributed by atoms with Crippen molar-refractivity contribution >= 4 is 27.5 Å². The Morgan fingerprint density at radius 1 is 1.42 bits per heavy atom. The number of hydrogen-bond acceptors (Lipinski definition) is 4. The predicted molar refractivity (Wildman–Crippen MR) is 94.1 cm³/mol. The third-order valence-electron chi connectivity index (χ3n) is 3.99. The molecule has 0 fully saturated rings. The molecule has 3 rings (SSSR count). The molecule has 1 aliphatic heterocycles. The monoisotopic (exact) mass is 385 g/mol. The molecule has 0 saturated carbocycles. The van der Waals surface area contributed by atoms with Crippen molar-refractivity contribution in [3.63, 3.8) is 0 Å². The van der Waals surface area contributed by atoms with Gasteiger partial charge in [-0.2, -0.15) is 5.26 Å². The molecule has 0 aliphatic carbocycles. The average molecular weight is 386 g/mol. The molecule has 2 aromatic rings. The van der Waals surface area contributed by atoms with E-state index in [1.807, 2.05) is 38.1 Å². The van der Waals surface area contributed by atoms with Crippen LogP contribution in [0, 0.1) is 25.2 Å². The second-order valence-corrected chi connectivity index (χ2v) is 6.65. The molecule has 0 N–H and O–H groups in total. The Balaban J connectivity index is 1.76. The molecule has 6 heteroatoms. The van der Waals surface area contributed by atoms with Crippen molar-refractivity contribution in [2.75, 3.05) is 18.1 Å². The fourth-order valence-corrected chi connectivity index (χ4v) is 3.29. The molecule has 0 atom stereocenters. The first kappa shape index (κ1) is 16.5. The number of aryl methyl sites for hydroxylation is 2. The average Bonchev–Trinajstić information content (AvgIpc) is 2.95. The number of amides is 1. The van der Waals surface area contributed by atoms with Gasteiger partial charge in [-0.15, -0.1) is 0 Å². The van der Waals surface area contributed by atoms with Gasteiger partial charge in [0.15, 0.2) is 6.61 Å². The molecule has 1 aliphatic rings. The van der Waals surface area contributed by atoms with Gasteiger partial charge in [0.2, 0.25) is 5.88 Å². The molecule has 2 heterocycles. The van der Waals surface area contributed by atoms with Crippen LogP contribution in [-0.2, 0) is 11.2 Å². The maximum atomic E-state index is 12.5. The van der Waals surface area contributed by atoms with E-state index in [4.69, 9.17) is 4.74 Å². The second kappa shape index (κ2) is 6.62. The van der Waals surface area contributed by atoms with Gasteiger partial charge in [0.1, 0.15) is 11.6 Å². The lowest BCUT2D eigenvalue weighted by Gasteiger charge is -2.18. The Kier molecular flexibility index (Phi) is 4.54. The van der Waals surface area contributed by atoms with Crippen LogP contribution in [0.5, 0.6) is 5.88 Å². The molecule has 5 nitrogen and oxygen atoms in total. The van der Waals surface area contributed by atoms with E-state index in [0.717, 1.165) is 33.4 Å². The number of nitriles is 1. The maximum absolute atomic E-state index is 12.5. The number of hydrogen-bond donors (Lipinski definition) is 0. The van der Waals surface area contributed by atoms with Crippen LogP contribution in [0.4, 0.5) is 5.69 Å². The molecule has 0 unspecified atom stereocenters. The number of anilines is 1. The zero-order valence-electron chi connectivity index (χ0n) is 13.5. The van der Waals surface area contributed by atoms with E-state index in [1.54, 1.807) is 4.90 Å². The normalized spacial score (nSPS) is 12.7. The SMILES string of the molecule is Cc1cc(C)c(C#N)c(OCC(=O)N2CCc3cc(Br)ccc32)n1. The van der Waals surface area contributed by atoms with Gasteiger partial charge in [0.25, 0.3) is 5.91 Å². The highest BCUT2D eigenvalue weighted by Gasteiger charge is 2.25. The summed E-state index contributed by atoms with van der Waals surface area (Å²) in [6, 6.07) is 9.79. The van der Waals surface area contributed by atoms with Crippen LogP contribution >= 0.6 is 15.9 Å². The zero-order valence-corrected chi connectivity index (χ0v) is 15.1. The van der Waals surface area contributed by atoms with E-state index in [2.05, 4.69) is 27.0 Å². The number of halogens is 1. The van der Waals surface area contributed by atoms with Gasteiger partial charge in [0.05, 0.1) is 0 Å². The van der Waals surface area contributed by atoms with Crippen molar-refractivity contribution in [2.45, 2.75) is 20.3 Å². The van der Waals surface area contributed by atoms with Gasteiger partial charge >= 0.3 is 0 Å². The summed E-state index contributed by atoms with van der Waals surface area (Å²) >= 11 is 3.45. The Bertz CT molecular complexity index is 858. The zero-order chi connectivity index (χ0) is 17.3. The van der Waals surface area contributed by atoms with Crippen molar-refractivity contribution in [1.82, 2.24) is 4.98 Å². The highest BCUT2D eigenvalue weighted by molar-refractivity contribution is 9.10. The molecule has 1 amide bonds. The van der Waals surface area contributed by atoms with E-state index < -0.39 is 0 Å². The number of ether oxygens (including phenoxy) is 1.